The molecule has 1 amide bonds. The second-order valence-corrected chi connectivity index (χ2v) is 9.84. The van der Waals surface area contributed by atoms with Gasteiger partial charge >= 0.3 is 5.97 Å². The zero-order valence-corrected chi connectivity index (χ0v) is 19.0. The molecular formula is C21H23BrN2O5S. The highest BCUT2D eigenvalue weighted by atomic mass is 79.9. The average molecular weight is 495 g/mol. The Labute approximate surface area is 184 Å². The van der Waals surface area contributed by atoms with Crippen LogP contribution in [-0.2, 0) is 19.6 Å². The second kappa shape index (κ2) is 9.72. The molecule has 0 spiro atoms. The molecule has 160 valence electrons. The summed E-state index contributed by atoms with van der Waals surface area (Å²) in [6.07, 6.45) is 2.72. The van der Waals surface area contributed by atoms with Gasteiger partial charge in [0, 0.05) is 23.2 Å². The number of nitrogens with zero attached hydrogens (tertiary/aromatic N) is 1. The summed E-state index contributed by atoms with van der Waals surface area (Å²) in [5, 5.41) is 2.64. The Morgan fingerprint density at radius 3 is 2.50 bits per heavy atom. The van der Waals surface area contributed by atoms with Crippen LogP contribution in [0.1, 0.15) is 35.2 Å². The summed E-state index contributed by atoms with van der Waals surface area (Å²) in [5.41, 5.74) is 1.39. The second-order valence-electron chi connectivity index (χ2n) is 7.05. The van der Waals surface area contributed by atoms with Gasteiger partial charge in [0.2, 0.25) is 10.0 Å². The molecular weight excluding hydrogens is 472 g/mol. The van der Waals surface area contributed by atoms with E-state index in [0.717, 1.165) is 19.3 Å². The van der Waals surface area contributed by atoms with Crippen LogP contribution in [0.25, 0.3) is 0 Å². The van der Waals surface area contributed by atoms with Gasteiger partial charge in [0.05, 0.1) is 10.5 Å². The normalized spacial score (nSPS) is 14.9. The van der Waals surface area contributed by atoms with Crippen LogP contribution >= 0.6 is 15.9 Å². The van der Waals surface area contributed by atoms with E-state index in [1.807, 2.05) is 0 Å². The predicted octanol–water partition coefficient (Wildman–Crippen LogP) is 3.73. The first-order valence-electron chi connectivity index (χ1n) is 9.61. The lowest BCUT2D eigenvalue weighted by Gasteiger charge is -2.26. The Hall–Kier alpha value is -2.23. The maximum absolute atomic E-state index is 12.9. The summed E-state index contributed by atoms with van der Waals surface area (Å²) in [5.74, 6) is -1.18. The van der Waals surface area contributed by atoms with Crippen LogP contribution in [0.3, 0.4) is 0 Å². The highest BCUT2D eigenvalue weighted by molar-refractivity contribution is 9.10. The zero-order chi connectivity index (χ0) is 21.7. The number of nitrogens with one attached hydrogen (secondary N) is 1. The highest BCUT2D eigenvalue weighted by Gasteiger charge is 2.26. The van der Waals surface area contributed by atoms with Gasteiger partial charge in [0.15, 0.2) is 6.61 Å². The first-order valence-corrected chi connectivity index (χ1v) is 11.8. The van der Waals surface area contributed by atoms with Crippen molar-refractivity contribution in [1.82, 2.24) is 4.31 Å². The van der Waals surface area contributed by atoms with Gasteiger partial charge in [0.25, 0.3) is 5.91 Å². The van der Waals surface area contributed by atoms with E-state index in [9.17, 15) is 18.0 Å². The largest absolute Gasteiger partial charge is 0.452 e. The molecule has 3 rings (SSSR count). The van der Waals surface area contributed by atoms with Crippen molar-refractivity contribution >= 4 is 43.5 Å². The van der Waals surface area contributed by atoms with Gasteiger partial charge in [-0.1, -0.05) is 24.6 Å². The molecule has 0 radical (unpaired) electrons. The van der Waals surface area contributed by atoms with Crippen molar-refractivity contribution in [3.05, 3.63) is 58.1 Å². The Morgan fingerprint density at radius 2 is 1.80 bits per heavy atom. The smallest absolute Gasteiger partial charge is 0.339 e. The maximum Gasteiger partial charge on any atom is 0.339 e. The van der Waals surface area contributed by atoms with E-state index < -0.39 is 28.5 Å². The summed E-state index contributed by atoms with van der Waals surface area (Å²) in [6, 6.07) is 11.4. The topological polar surface area (TPSA) is 92.8 Å². The molecule has 2 aromatic carbocycles. The van der Waals surface area contributed by atoms with Crippen molar-refractivity contribution < 1.29 is 22.7 Å². The van der Waals surface area contributed by atoms with E-state index >= 15 is 0 Å². The number of rotatable bonds is 6. The first-order chi connectivity index (χ1) is 14.3. The molecule has 0 aliphatic carbocycles. The lowest BCUT2D eigenvalue weighted by molar-refractivity contribution is -0.119. The molecule has 9 heteroatoms. The Balaban J connectivity index is 1.67. The van der Waals surface area contributed by atoms with E-state index in [0.29, 0.717) is 34.4 Å². The number of piperidine rings is 1. The van der Waals surface area contributed by atoms with Crippen LogP contribution in [0.15, 0.2) is 51.8 Å². The van der Waals surface area contributed by atoms with Gasteiger partial charge in [-0.25, -0.2) is 13.2 Å². The summed E-state index contributed by atoms with van der Waals surface area (Å²) in [7, 11) is -3.61. The number of aryl methyl sites for hydroxylation is 1. The summed E-state index contributed by atoms with van der Waals surface area (Å²) in [6.45, 7) is 2.29. The van der Waals surface area contributed by atoms with E-state index in [-0.39, 0.29) is 4.90 Å². The average Bonchev–Trinajstić information content (AvgIpc) is 2.74. The molecule has 1 heterocycles. The van der Waals surface area contributed by atoms with Crippen molar-refractivity contribution in [3.63, 3.8) is 0 Å². The van der Waals surface area contributed by atoms with Gasteiger partial charge in [0.1, 0.15) is 0 Å². The third-order valence-corrected chi connectivity index (χ3v) is 7.45. The number of amides is 1. The van der Waals surface area contributed by atoms with Crippen LogP contribution in [0.5, 0.6) is 0 Å². The molecule has 1 aliphatic rings. The standard InChI is InChI=1S/C21H23BrN2O5S/c1-15-9-10-16(30(27,28)24-11-5-2-6-12-24)13-19(15)23-20(25)14-29-21(26)17-7-3-4-8-18(17)22/h3-4,7-10,13H,2,5-6,11-12,14H2,1H3,(H,23,25). The summed E-state index contributed by atoms with van der Waals surface area (Å²) < 4.78 is 32.9. The molecule has 1 N–H and O–H groups in total. The first kappa shape index (κ1) is 22.5. The molecule has 0 aromatic heterocycles. The highest BCUT2D eigenvalue weighted by Crippen LogP contribution is 2.25. The van der Waals surface area contributed by atoms with Gasteiger partial charge < -0.3 is 10.1 Å². The maximum atomic E-state index is 12.9. The van der Waals surface area contributed by atoms with Gasteiger partial charge in [-0.15, -0.1) is 0 Å². The van der Waals surface area contributed by atoms with E-state index in [1.165, 1.54) is 10.4 Å². The number of halogens is 1. The number of hydrogen-bond acceptors (Lipinski definition) is 5. The number of hydrogen-bond donors (Lipinski definition) is 1. The summed E-state index contributed by atoms with van der Waals surface area (Å²) in [4.78, 5) is 24.6. The van der Waals surface area contributed by atoms with E-state index in [1.54, 1.807) is 43.3 Å². The SMILES string of the molecule is Cc1ccc(S(=O)(=O)N2CCCCC2)cc1NC(=O)COC(=O)c1ccccc1Br. The van der Waals surface area contributed by atoms with Crippen molar-refractivity contribution in [2.75, 3.05) is 25.0 Å². The lowest BCUT2D eigenvalue weighted by atomic mass is 10.2. The Kier molecular flexibility index (Phi) is 7.27. The molecule has 0 bridgehead atoms. The number of benzene rings is 2. The Bertz CT molecular complexity index is 1050. The number of carbonyl (C=O) groups excluding carboxylic acids is 2. The third kappa shape index (κ3) is 5.27. The van der Waals surface area contributed by atoms with E-state index in [4.69, 9.17) is 4.74 Å². The zero-order valence-electron chi connectivity index (χ0n) is 16.6. The van der Waals surface area contributed by atoms with Crippen molar-refractivity contribution in [2.24, 2.45) is 0 Å². The van der Waals surface area contributed by atoms with Crippen molar-refractivity contribution in [2.45, 2.75) is 31.1 Å². The summed E-state index contributed by atoms with van der Waals surface area (Å²) >= 11 is 3.26. The van der Waals surface area contributed by atoms with Crippen LogP contribution in [0, 0.1) is 6.92 Å². The minimum Gasteiger partial charge on any atom is -0.452 e. The Morgan fingerprint density at radius 1 is 1.10 bits per heavy atom. The number of anilines is 1. The number of ether oxygens (including phenoxy) is 1. The molecule has 0 atom stereocenters. The van der Waals surface area contributed by atoms with Gasteiger partial charge in [-0.3, -0.25) is 4.79 Å². The minimum atomic E-state index is -3.61. The third-order valence-electron chi connectivity index (χ3n) is 4.86. The molecule has 1 fully saturated rings. The molecule has 0 saturated carbocycles. The minimum absolute atomic E-state index is 0.135. The van der Waals surface area contributed by atoms with Gasteiger partial charge in [-0.2, -0.15) is 4.31 Å². The van der Waals surface area contributed by atoms with Crippen LogP contribution in [0.2, 0.25) is 0 Å². The fraction of sp³-hybridized carbons (Fsp3) is 0.333. The van der Waals surface area contributed by atoms with Gasteiger partial charge in [-0.05, 0) is 65.5 Å². The number of esters is 1. The molecule has 2 aromatic rings. The predicted molar refractivity (Wildman–Crippen MR) is 117 cm³/mol. The fourth-order valence-electron chi connectivity index (χ4n) is 3.17. The van der Waals surface area contributed by atoms with Crippen LogP contribution < -0.4 is 5.32 Å². The number of sulfonamides is 1. The van der Waals surface area contributed by atoms with Crippen molar-refractivity contribution in [1.29, 1.82) is 0 Å². The quantitative estimate of drug-likeness (QED) is 0.617. The molecule has 1 saturated heterocycles. The van der Waals surface area contributed by atoms with E-state index in [2.05, 4.69) is 21.2 Å². The molecule has 1 aliphatic heterocycles. The fourth-order valence-corrected chi connectivity index (χ4v) is 5.16. The monoisotopic (exact) mass is 494 g/mol. The molecule has 30 heavy (non-hydrogen) atoms. The van der Waals surface area contributed by atoms with Crippen LogP contribution in [0.4, 0.5) is 5.69 Å². The van der Waals surface area contributed by atoms with Crippen LogP contribution in [-0.4, -0.2) is 44.3 Å². The number of carbonyl (C=O) groups is 2. The lowest BCUT2D eigenvalue weighted by Crippen LogP contribution is -2.35. The molecule has 7 nitrogen and oxygen atoms in total. The van der Waals surface area contributed by atoms with Crippen molar-refractivity contribution in [3.8, 4) is 0 Å². The molecule has 0 unspecified atom stereocenters.